The van der Waals surface area contributed by atoms with Crippen LogP contribution in [0, 0.1) is 11.3 Å². The van der Waals surface area contributed by atoms with Gasteiger partial charge in [-0.2, -0.15) is 0 Å². The van der Waals surface area contributed by atoms with Crippen LogP contribution in [0.2, 0.25) is 0 Å². The molecule has 0 unspecified atom stereocenters. The summed E-state index contributed by atoms with van der Waals surface area (Å²) in [5.74, 6) is -1.31. The van der Waals surface area contributed by atoms with E-state index in [1.807, 2.05) is 32.9 Å². The Balaban J connectivity index is 2.89. The van der Waals surface area contributed by atoms with Crippen LogP contribution in [-0.2, 0) is 19.1 Å². The molecule has 0 radical (unpaired) electrons. The second kappa shape index (κ2) is 10.3. The summed E-state index contributed by atoms with van der Waals surface area (Å²) >= 11 is 0. The van der Waals surface area contributed by atoms with E-state index in [0.29, 0.717) is 19.3 Å². The molecule has 0 aromatic carbocycles. The molecule has 2 amide bonds. The number of amides is 2. The average molecular weight is 368 g/mol. The van der Waals surface area contributed by atoms with Gasteiger partial charge in [-0.3, -0.25) is 14.4 Å². The van der Waals surface area contributed by atoms with Crippen LogP contribution in [0.1, 0.15) is 53.4 Å². The van der Waals surface area contributed by atoms with Crippen LogP contribution in [0.3, 0.4) is 0 Å². The molecule has 0 aliphatic carbocycles. The maximum absolute atomic E-state index is 12.7. The maximum Gasteiger partial charge on any atom is 0.306 e. The summed E-state index contributed by atoms with van der Waals surface area (Å²) in [6.45, 7) is 7.54. The largest absolute Gasteiger partial charge is 0.463 e. The van der Waals surface area contributed by atoms with E-state index in [1.165, 1.54) is 0 Å². The summed E-state index contributed by atoms with van der Waals surface area (Å²) < 4.78 is 5.29. The Hall–Kier alpha value is -1.89. The van der Waals surface area contributed by atoms with Gasteiger partial charge in [0.1, 0.15) is 6.61 Å². The van der Waals surface area contributed by atoms with Crippen molar-refractivity contribution in [3.63, 3.8) is 0 Å². The number of cyclic esters (lactones) is 1. The zero-order valence-corrected chi connectivity index (χ0v) is 16.2. The molecule has 0 fully saturated rings. The van der Waals surface area contributed by atoms with Crippen LogP contribution < -0.4 is 10.6 Å². The summed E-state index contributed by atoms with van der Waals surface area (Å²) in [5.41, 5.74) is -0.298. The summed E-state index contributed by atoms with van der Waals surface area (Å²) in [7, 11) is 0. The van der Waals surface area contributed by atoms with Gasteiger partial charge in [0.2, 0.25) is 11.8 Å². The van der Waals surface area contributed by atoms with Crippen molar-refractivity contribution in [3.8, 4) is 0 Å². The van der Waals surface area contributed by atoms with Crippen LogP contribution >= 0.6 is 0 Å². The molecular formula is C19H32N2O5. The number of carbonyl (C=O) groups excluding carboxylic acids is 3. The molecule has 0 spiro atoms. The number of aliphatic hydroxyl groups is 1. The summed E-state index contributed by atoms with van der Waals surface area (Å²) in [6.07, 6.45) is 4.95. The van der Waals surface area contributed by atoms with Crippen LogP contribution in [0.5, 0.6) is 0 Å². The lowest BCUT2D eigenvalue weighted by Crippen LogP contribution is -2.49. The fourth-order valence-electron chi connectivity index (χ4n) is 2.51. The third-order valence-electron chi connectivity index (χ3n) is 4.36. The topological polar surface area (TPSA) is 105 Å². The van der Waals surface area contributed by atoms with Gasteiger partial charge in [0.25, 0.3) is 0 Å². The van der Waals surface area contributed by atoms with E-state index in [2.05, 4.69) is 10.6 Å². The van der Waals surface area contributed by atoms with Crippen molar-refractivity contribution in [3.05, 3.63) is 12.2 Å². The normalized spacial score (nSPS) is 23.9. The van der Waals surface area contributed by atoms with Gasteiger partial charge in [0, 0.05) is 18.9 Å². The van der Waals surface area contributed by atoms with Gasteiger partial charge < -0.3 is 20.5 Å². The van der Waals surface area contributed by atoms with Gasteiger partial charge in [-0.25, -0.2) is 0 Å². The highest BCUT2D eigenvalue weighted by atomic mass is 16.5. The van der Waals surface area contributed by atoms with Crippen molar-refractivity contribution in [2.45, 2.75) is 65.5 Å². The van der Waals surface area contributed by atoms with Crippen LogP contribution in [0.15, 0.2) is 12.2 Å². The van der Waals surface area contributed by atoms with E-state index in [-0.39, 0.29) is 54.9 Å². The molecule has 0 saturated heterocycles. The van der Waals surface area contributed by atoms with Crippen LogP contribution in [0.4, 0.5) is 0 Å². The molecule has 7 heteroatoms. The zero-order valence-electron chi connectivity index (χ0n) is 16.2. The molecule has 7 nitrogen and oxygen atoms in total. The smallest absolute Gasteiger partial charge is 0.306 e. The SMILES string of the molecule is C[C@@H](CO)NC(=O)C[C@H]1CC=CCCC(=O)OC[C@H](C(C)(C)C)NC1=O. The number of hydrogen-bond donors (Lipinski definition) is 3. The Morgan fingerprint density at radius 2 is 2.08 bits per heavy atom. The van der Waals surface area contributed by atoms with Gasteiger partial charge in [0.05, 0.1) is 18.6 Å². The second-order valence-electron chi connectivity index (χ2n) is 7.91. The van der Waals surface area contributed by atoms with Gasteiger partial charge in [-0.15, -0.1) is 0 Å². The van der Waals surface area contributed by atoms with E-state index in [0.717, 1.165) is 0 Å². The number of esters is 1. The van der Waals surface area contributed by atoms with E-state index >= 15 is 0 Å². The lowest BCUT2D eigenvalue weighted by Gasteiger charge is -2.32. The molecule has 1 heterocycles. The monoisotopic (exact) mass is 368 g/mol. The quantitative estimate of drug-likeness (QED) is 0.512. The lowest BCUT2D eigenvalue weighted by atomic mass is 9.86. The third-order valence-corrected chi connectivity index (χ3v) is 4.36. The van der Waals surface area contributed by atoms with E-state index in [1.54, 1.807) is 6.92 Å². The van der Waals surface area contributed by atoms with Gasteiger partial charge in [-0.05, 0) is 25.2 Å². The van der Waals surface area contributed by atoms with Crippen molar-refractivity contribution in [2.24, 2.45) is 11.3 Å². The standard InChI is InChI=1S/C19H32N2O5/c1-13(11-22)20-16(23)10-14-8-6-5-7-9-17(24)26-12-15(19(2,3)4)21-18(14)25/h5-6,13-15,22H,7-12H2,1-4H3,(H,20,23)(H,21,25)/t13-,14+,15+/m0/s1. The Morgan fingerprint density at radius 3 is 2.69 bits per heavy atom. The number of carbonyl (C=O) groups is 3. The minimum absolute atomic E-state index is 0.0389. The molecule has 3 N–H and O–H groups in total. The first-order chi connectivity index (χ1) is 12.1. The van der Waals surface area contributed by atoms with Crippen LogP contribution in [0.25, 0.3) is 0 Å². The number of allylic oxidation sites excluding steroid dienone is 2. The molecule has 1 rings (SSSR count). The number of nitrogens with one attached hydrogen (secondary N) is 2. The molecule has 0 aromatic rings. The summed E-state index contributed by atoms with van der Waals surface area (Å²) in [6, 6.07) is -0.696. The number of rotatable bonds is 4. The molecule has 1 aliphatic rings. The second-order valence-corrected chi connectivity index (χ2v) is 7.91. The van der Waals surface area contributed by atoms with E-state index in [9.17, 15) is 14.4 Å². The Morgan fingerprint density at radius 1 is 1.38 bits per heavy atom. The maximum atomic E-state index is 12.7. The highest BCUT2D eigenvalue weighted by molar-refractivity contribution is 5.86. The third kappa shape index (κ3) is 7.99. The van der Waals surface area contributed by atoms with Gasteiger partial charge in [0.15, 0.2) is 0 Å². The minimum atomic E-state index is -0.517. The fraction of sp³-hybridized carbons (Fsp3) is 0.737. The van der Waals surface area contributed by atoms with Crippen molar-refractivity contribution >= 4 is 17.8 Å². The van der Waals surface area contributed by atoms with Crippen LogP contribution in [-0.4, -0.2) is 48.2 Å². The van der Waals surface area contributed by atoms with Crippen molar-refractivity contribution in [2.75, 3.05) is 13.2 Å². The first-order valence-corrected chi connectivity index (χ1v) is 9.14. The Kier molecular flexibility index (Phi) is 8.78. The zero-order chi connectivity index (χ0) is 19.7. The highest BCUT2D eigenvalue weighted by Gasteiger charge is 2.31. The predicted molar refractivity (Wildman–Crippen MR) is 98.1 cm³/mol. The number of hydrogen-bond acceptors (Lipinski definition) is 5. The summed E-state index contributed by atoms with van der Waals surface area (Å²) in [4.78, 5) is 36.6. The van der Waals surface area contributed by atoms with Crippen molar-refractivity contribution in [1.29, 1.82) is 0 Å². The summed E-state index contributed by atoms with van der Waals surface area (Å²) in [5, 5.41) is 14.7. The molecule has 0 aromatic heterocycles. The highest BCUT2D eigenvalue weighted by Crippen LogP contribution is 2.22. The molecule has 0 bridgehead atoms. The van der Waals surface area contributed by atoms with E-state index < -0.39 is 5.92 Å². The van der Waals surface area contributed by atoms with E-state index in [4.69, 9.17) is 9.84 Å². The molecule has 3 atom stereocenters. The first-order valence-electron chi connectivity index (χ1n) is 9.14. The lowest BCUT2D eigenvalue weighted by molar-refractivity contribution is -0.146. The predicted octanol–water partition coefficient (Wildman–Crippen LogP) is 1.30. The van der Waals surface area contributed by atoms with Crippen molar-refractivity contribution in [1.82, 2.24) is 10.6 Å². The first kappa shape index (κ1) is 22.2. The van der Waals surface area contributed by atoms with Gasteiger partial charge >= 0.3 is 5.97 Å². The van der Waals surface area contributed by atoms with Crippen molar-refractivity contribution < 1.29 is 24.2 Å². The van der Waals surface area contributed by atoms with Gasteiger partial charge in [-0.1, -0.05) is 32.9 Å². The number of ether oxygens (including phenoxy) is 1. The molecule has 26 heavy (non-hydrogen) atoms. The number of aliphatic hydroxyl groups excluding tert-OH is 1. The molecular weight excluding hydrogens is 336 g/mol. The molecule has 0 saturated carbocycles. The Bertz CT molecular complexity index is 525. The minimum Gasteiger partial charge on any atom is -0.463 e. The average Bonchev–Trinajstić information content (AvgIpc) is 2.54. The molecule has 148 valence electrons. The molecule has 1 aliphatic heterocycles. The fourth-order valence-corrected chi connectivity index (χ4v) is 2.51. The Labute approximate surface area is 155 Å².